The minimum atomic E-state index is -0.280. The van der Waals surface area contributed by atoms with Gasteiger partial charge in [0.25, 0.3) is 5.91 Å². The first-order valence-corrected chi connectivity index (χ1v) is 9.58. The maximum Gasteiger partial charge on any atom is 0.272 e. The second-order valence-electron chi connectivity index (χ2n) is 7.55. The first-order chi connectivity index (χ1) is 13.7. The monoisotopic (exact) mass is 378 g/mol. The zero-order valence-corrected chi connectivity index (χ0v) is 15.5. The van der Waals surface area contributed by atoms with Crippen molar-refractivity contribution < 1.29 is 14.3 Å². The molecule has 0 radical (unpaired) electrons. The van der Waals surface area contributed by atoms with Crippen LogP contribution in [0.2, 0.25) is 0 Å². The quantitative estimate of drug-likeness (QED) is 0.697. The summed E-state index contributed by atoms with van der Waals surface area (Å²) in [7, 11) is 0. The van der Waals surface area contributed by atoms with E-state index < -0.39 is 0 Å². The highest BCUT2D eigenvalue weighted by molar-refractivity contribution is 5.94. The van der Waals surface area contributed by atoms with Crippen LogP contribution in [-0.4, -0.2) is 56.6 Å². The number of amides is 1. The van der Waals surface area contributed by atoms with Crippen LogP contribution in [0.25, 0.3) is 5.65 Å². The van der Waals surface area contributed by atoms with Crippen LogP contribution in [-0.2, 0) is 16.1 Å². The van der Waals surface area contributed by atoms with Gasteiger partial charge in [-0.1, -0.05) is 6.07 Å². The highest BCUT2D eigenvalue weighted by atomic mass is 16.5. The van der Waals surface area contributed by atoms with E-state index in [0.717, 1.165) is 24.1 Å². The van der Waals surface area contributed by atoms with Gasteiger partial charge in [-0.25, -0.2) is 4.98 Å². The van der Waals surface area contributed by atoms with E-state index in [1.807, 2.05) is 45.8 Å². The molecule has 7 nitrogen and oxygen atoms in total. The molecule has 1 spiro atoms. The molecule has 0 bridgehead atoms. The van der Waals surface area contributed by atoms with E-state index in [4.69, 9.17) is 9.47 Å². The molecule has 0 aliphatic carbocycles. The number of ether oxygens (including phenoxy) is 2. The van der Waals surface area contributed by atoms with Crippen LogP contribution in [0.3, 0.4) is 0 Å². The minimum Gasteiger partial charge on any atom is -0.373 e. The Morgan fingerprint density at radius 1 is 1.25 bits per heavy atom. The fourth-order valence-electron chi connectivity index (χ4n) is 4.08. The minimum absolute atomic E-state index is 0.00671. The Morgan fingerprint density at radius 3 is 2.96 bits per heavy atom. The van der Waals surface area contributed by atoms with Crippen LogP contribution < -0.4 is 0 Å². The van der Waals surface area contributed by atoms with E-state index in [1.54, 1.807) is 18.6 Å². The molecule has 5 rings (SSSR count). The Kier molecular flexibility index (Phi) is 4.33. The third-order valence-corrected chi connectivity index (χ3v) is 5.56. The van der Waals surface area contributed by atoms with Gasteiger partial charge in [0.2, 0.25) is 0 Å². The zero-order chi connectivity index (χ0) is 19.0. The Bertz CT molecular complexity index is 981. The lowest BCUT2D eigenvalue weighted by Crippen LogP contribution is -2.67. The molecular formula is C21H22N4O3. The van der Waals surface area contributed by atoms with Crippen LogP contribution in [0.15, 0.2) is 55.1 Å². The summed E-state index contributed by atoms with van der Waals surface area (Å²) in [5.41, 5.74) is 2.21. The smallest absolute Gasteiger partial charge is 0.272 e. The first kappa shape index (κ1) is 17.3. The summed E-state index contributed by atoms with van der Waals surface area (Å²) in [4.78, 5) is 23.1. The molecule has 3 aromatic rings. The van der Waals surface area contributed by atoms with Crippen molar-refractivity contribution in [3.63, 3.8) is 0 Å². The number of rotatable bonds is 4. The van der Waals surface area contributed by atoms with Crippen molar-refractivity contribution >= 4 is 11.6 Å². The second-order valence-corrected chi connectivity index (χ2v) is 7.55. The molecule has 2 fully saturated rings. The highest BCUT2D eigenvalue weighted by Crippen LogP contribution is 2.36. The summed E-state index contributed by atoms with van der Waals surface area (Å²) >= 11 is 0. The zero-order valence-electron chi connectivity index (χ0n) is 15.5. The van der Waals surface area contributed by atoms with Gasteiger partial charge in [0.15, 0.2) is 0 Å². The van der Waals surface area contributed by atoms with E-state index >= 15 is 0 Å². The van der Waals surface area contributed by atoms with Gasteiger partial charge in [0, 0.05) is 31.6 Å². The lowest BCUT2D eigenvalue weighted by Gasteiger charge is -2.52. The number of hydrogen-bond donors (Lipinski definition) is 0. The largest absolute Gasteiger partial charge is 0.373 e. The molecule has 28 heavy (non-hydrogen) atoms. The van der Waals surface area contributed by atoms with E-state index in [9.17, 15) is 4.79 Å². The molecular weight excluding hydrogens is 356 g/mol. The molecule has 2 saturated heterocycles. The predicted octanol–water partition coefficient (Wildman–Crippen LogP) is 2.32. The van der Waals surface area contributed by atoms with Crippen LogP contribution in [0.1, 0.15) is 28.9 Å². The average molecular weight is 378 g/mol. The number of imidazole rings is 1. The third kappa shape index (κ3) is 3.16. The van der Waals surface area contributed by atoms with E-state index in [2.05, 4.69) is 9.97 Å². The number of likely N-dealkylation sites (tertiary alicyclic amines) is 1. The van der Waals surface area contributed by atoms with Crippen molar-refractivity contribution in [3.8, 4) is 0 Å². The molecule has 0 aromatic carbocycles. The molecule has 144 valence electrons. The predicted molar refractivity (Wildman–Crippen MR) is 102 cm³/mol. The molecule has 3 aromatic heterocycles. The van der Waals surface area contributed by atoms with E-state index in [-0.39, 0.29) is 17.6 Å². The van der Waals surface area contributed by atoms with Crippen molar-refractivity contribution in [3.05, 3.63) is 66.4 Å². The number of carbonyl (C=O) groups is 1. The van der Waals surface area contributed by atoms with Gasteiger partial charge < -0.3 is 14.4 Å². The summed E-state index contributed by atoms with van der Waals surface area (Å²) < 4.78 is 14.0. The van der Waals surface area contributed by atoms with Crippen molar-refractivity contribution in [1.29, 1.82) is 0 Å². The highest BCUT2D eigenvalue weighted by Gasteiger charge is 2.50. The lowest BCUT2D eigenvalue weighted by molar-refractivity contribution is -0.188. The standard InChI is InChI=1S/C21H22N4O3/c26-20(18-12-23-19-3-1-2-9-25(18)19)24-14-21(15-24)11-17(6-10-28-21)27-13-16-4-7-22-8-5-16/h1-5,7-9,12,17H,6,10-11,13-15H2/t17-/m1/s1. The van der Waals surface area contributed by atoms with Gasteiger partial charge in [-0.2, -0.15) is 0 Å². The van der Waals surface area contributed by atoms with Crippen molar-refractivity contribution in [2.45, 2.75) is 31.2 Å². The Morgan fingerprint density at radius 2 is 2.11 bits per heavy atom. The Hall–Kier alpha value is -2.77. The van der Waals surface area contributed by atoms with Gasteiger partial charge in [0.05, 0.1) is 32.0 Å². The number of hydrogen-bond acceptors (Lipinski definition) is 5. The van der Waals surface area contributed by atoms with Gasteiger partial charge in [-0.3, -0.25) is 14.2 Å². The summed E-state index contributed by atoms with van der Waals surface area (Å²) in [6, 6.07) is 9.64. The summed E-state index contributed by atoms with van der Waals surface area (Å²) in [6.45, 7) is 2.44. The normalized spacial score (nSPS) is 21.0. The third-order valence-electron chi connectivity index (χ3n) is 5.56. The fourth-order valence-corrected chi connectivity index (χ4v) is 4.08. The number of nitrogens with zero attached hydrogens (tertiary/aromatic N) is 4. The lowest BCUT2D eigenvalue weighted by atomic mass is 9.84. The van der Waals surface area contributed by atoms with Gasteiger partial charge in [-0.15, -0.1) is 0 Å². The number of carbonyl (C=O) groups excluding carboxylic acids is 1. The molecule has 0 saturated carbocycles. The topological polar surface area (TPSA) is 69.0 Å². The molecule has 5 heterocycles. The van der Waals surface area contributed by atoms with Crippen LogP contribution in [0.5, 0.6) is 0 Å². The maximum absolute atomic E-state index is 12.9. The number of pyridine rings is 2. The molecule has 1 atom stereocenters. The molecule has 2 aliphatic rings. The van der Waals surface area contributed by atoms with E-state index in [1.165, 1.54) is 0 Å². The van der Waals surface area contributed by atoms with Crippen LogP contribution in [0.4, 0.5) is 0 Å². The number of fused-ring (bicyclic) bond motifs is 1. The van der Waals surface area contributed by atoms with Crippen molar-refractivity contribution in [2.75, 3.05) is 19.7 Å². The molecule has 0 N–H and O–H groups in total. The first-order valence-electron chi connectivity index (χ1n) is 9.58. The Balaban J connectivity index is 1.21. The SMILES string of the molecule is O=C(c1cnc2ccccn12)N1CC2(C[C@H](OCc3ccncc3)CCO2)C1. The molecule has 1 amide bonds. The summed E-state index contributed by atoms with van der Waals surface area (Å²) in [5, 5.41) is 0. The van der Waals surface area contributed by atoms with Gasteiger partial charge in [-0.05, 0) is 36.2 Å². The van der Waals surface area contributed by atoms with E-state index in [0.29, 0.717) is 32.0 Å². The van der Waals surface area contributed by atoms with Crippen LogP contribution >= 0.6 is 0 Å². The average Bonchev–Trinajstić information content (AvgIpc) is 3.15. The van der Waals surface area contributed by atoms with Gasteiger partial charge in [0.1, 0.15) is 16.9 Å². The van der Waals surface area contributed by atoms with Crippen molar-refractivity contribution in [1.82, 2.24) is 19.3 Å². The molecule has 0 unspecified atom stereocenters. The second kappa shape index (κ2) is 7.00. The van der Waals surface area contributed by atoms with Gasteiger partial charge >= 0.3 is 0 Å². The maximum atomic E-state index is 12.9. The van der Waals surface area contributed by atoms with Crippen LogP contribution in [0, 0.1) is 0 Å². The van der Waals surface area contributed by atoms with Crippen molar-refractivity contribution in [2.24, 2.45) is 0 Å². The Labute approximate surface area is 162 Å². The summed E-state index contributed by atoms with van der Waals surface area (Å²) in [5.74, 6) is -0.00671. The fraction of sp³-hybridized carbons (Fsp3) is 0.381. The number of aromatic nitrogens is 3. The molecule has 7 heteroatoms. The summed E-state index contributed by atoms with van der Waals surface area (Å²) in [6.07, 6.45) is 8.91. The molecule has 2 aliphatic heterocycles.